The van der Waals surface area contributed by atoms with E-state index in [1.54, 1.807) is 0 Å². The van der Waals surface area contributed by atoms with Crippen LogP contribution in [0.15, 0.2) is 24.3 Å². The van der Waals surface area contributed by atoms with E-state index in [0.29, 0.717) is 16.7 Å². The summed E-state index contributed by atoms with van der Waals surface area (Å²) in [5.41, 5.74) is 3.81. The molecule has 0 heterocycles. The van der Waals surface area contributed by atoms with Gasteiger partial charge in [-0.25, -0.2) is 0 Å². The third-order valence-corrected chi connectivity index (χ3v) is 4.04. The van der Waals surface area contributed by atoms with Gasteiger partial charge in [-0.3, -0.25) is 0 Å². The van der Waals surface area contributed by atoms with Crippen LogP contribution in [0.5, 0.6) is 0 Å². The predicted molar refractivity (Wildman–Crippen MR) is 114 cm³/mol. The lowest BCUT2D eigenvalue weighted by atomic mass is 9.69. The van der Waals surface area contributed by atoms with E-state index in [-0.39, 0.29) is 5.41 Å². The zero-order valence-corrected chi connectivity index (χ0v) is 19.1. The van der Waals surface area contributed by atoms with Crippen LogP contribution in [0.2, 0.25) is 0 Å². The molecule has 0 radical (unpaired) electrons. The maximum atomic E-state index is 2.36. The van der Waals surface area contributed by atoms with Crippen LogP contribution in [0.4, 0.5) is 0 Å². The second kappa shape index (κ2) is 10.3. The Kier molecular flexibility index (Phi) is 10.9. The van der Waals surface area contributed by atoms with Gasteiger partial charge >= 0.3 is 0 Å². The average Bonchev–Trinajstić information content (AvgIpc) is 2.46. The second-order valence-corrected chi connectivity index (χ2v) is 9.56. The molecular formula is C24H46. The second-order valence-electron chi connectivity index (χ2n) is 9.56. The Morgan fingerprint density at radius 2 is 1.04 bits per heavy atom. The highest BCUT2D eigenvalue weighted by Crippen LogP contribution is 2.43. The Morgan fingerprint density at radius 3 is 1.29 bits per heavy atom. The van der Waals surface area contributed by atoms with Crippen molar-refractivity contribution < 1.29 is 0 Å². The van der Waals surface area contributed by atoms with E-state index >= 15 is 0 Å². The van der Waals surface area contributed by atoms with Crippen LogP contribution in [0, 0.1) is 10.8 Å². The molecular weight excluding hydrogens is 288 g/mol. The highest BCUT2D eigenvalue weighted by Gasteiger charge is 2.30. The van der Waals surface area contributed by atoms with E-state index in [4.69, 9.17) is 0 Å². The molecule has 0 nitrogen and oxygen atoms in total. The summed E-state index contributed by atoms with van der Waals surface area (Å²) in [5, 5.41) is 0. The van der Waals surface area contributed by atoms with Crippen molar-refractivity contribution in [2.75, 3.05) is 0 Å². The molecule has 1 aromatic carbocycles. The first-order valence-electron chi connectivity index (χ1n) is 9.91. The highest BCUT2D eigenvalue weighted by molar-refractivity contribution is 5.30. The molecule has 0 saturated heterocycles. The number of hydrogen-bond acceptors (Lipinski definition) is 0. The van der Waals surface area contributed by atoms with Gasteiger partial charge in [0.25, 0.3) is 0 Å². The van der Waals surface area contributed by atoms with Crippen molar-refractivity contribution in [3.63, 3.8) is 0 Å². The van der Waals surface area contributed by atoms with Gasteiger partial charge in [0.15, 0.2) is 0 Å². The predicted octanol–water partition coefficient (Wildman–Crippen LogP) is 8.60. The zero-order chi connectivity index (χ0) is 19.8. The lowest BCUT2D eigenvalue weighted by molar-refractivity contribution is 0.229. The van der Waals surface area contributed by atoms with Gasteiger partial charge in [-0.15, -0.1) is 0 Å². The third-order valence-electron chi connectivity index (χ3n) is 4.04. The number of rotatable bonds is 2. The number of hydrogen-bond donors (Lipinski definition) is 0. The molecule has 0 spiro atoms. The Bertz CT molecular complexity index is 415. The first-order chi connectivity index (χ1) is 10.8. The molecule has 0 aliphatic rings. The Balaban J connectivity index is 0. The van der Waals surface area contributed by atoms with Crippen molar-refractivity contribution in [1.82, 2.24) is 0 Å². The molecule has 1 unspecified atom stereocenters. The smallest absolute Gasteiger partial charge is 0.0108 e. The van der Waals surface area contributed by atoms with Gasteiger partial charge in [0, 0.05) is 0 Å². The monoisotopic (exact) mass is 334 g/mol. The fourth-order valence-corrected chi connectivity index (χ4v) is 2.75. The van der Waals surface area contributed by atoms with Crippen LogP contribution >= 0.6 is 0 Å². The highest BCUT2D eigenvalue weighted by atomic mass is 14.3. The Morgan fingerprint density at radius 1 is 0.667 bits per heavy atom. The maximum absolute atomic E-state index is 2.36. The van der Waals surface area contributed by atoms with Crippen LogP contribution in [-0.4, -0.2) is 0 Å². The van der Waals surface area contributed by atoms with Gasteiger partial charge in [0.05, 0.1) is 0 Å². The molecule has 0 aromatic heterocycles. The largest absolute Gasteiger partial charge is 0.0683 e. The topological polar surface area (TPSA) is 0 Å². The molecule has 1 aromatic rings. The van der Waals surface area contributed by atoms with Crippen LogP contribution in [-0.2, 0) is 5.41 Å². The molecule has 0 aliphatic heterocycles. The van der Waals surface area contributed by atoms with Crippen LogP contribution in [0.3, 0.4) is 0 Å². The number of benzene rings is 1. The van der Waals surface area contributed by atoms with Crippen molar-refractivity contribution in [1.29, 1.82) is 0 Å². The van der Waals surface area contributed by atoms with Gasteiger partial charge in [0.2, 0.25) is 0 Å². The van der Waals surface area contributed by atoms with E-state index in [1.807, 2.05) is 27.7 Å². The van der Waals surface area contributed by atoms with Crippen molar-refractivity contribution in [3.8, 4) is 0 Å². The fourth-order valence-electron chi connectivity index (χ4n) is 2.75. The Labute approximate surface area is 154 Å². The summed E-state index contributed by atoms with van der Waals surface area (Å²) in [5.74, 6) is 0.608. The minimum atomic E-state index is 0.236. The molecule has 0 aliphatic carbocycles. The van der Waals surface area contributed by atoms with Gasteiger partial charge in [-0.2, -0.15) is 0 Å². The molecule has 0 amide bonds. The van der Waals surface area contributed by atoms with Gasteiger partial charge < -0.3 is 0 Å². The summed E-state index contributed by atoms with van der Waals surface area (Å²) < 4.78 is 0. The van der Waals surface area contributed by atoms with Crippen LogP contribution in [0.1, 0.15) is 113 Å². The van der Waals surface area contributed by atoms with Gasteiger partial charge in [-0.05, 0) is 39.7 Å². The normalized spacial score (nSPS) is 13.2. The van der Waals surface area contributed by atoms with E-state index in [9.17, 15) is 0 Å². The average molecular weight is 335 g/mol. The minimum absolute atomic E-state index is 0.236. The van der Waals surface area contributed by atoms with Crippen LogP contribution in [0.25, 0.3) is 0 Å². The third kappa shape index (κ3) is 9.50. The van der Waals surface area contributed by atoms with Gasteiger partial charge in [0.1, 0.15) is 0 Å². The summed E-state index contributed by atoms with van der Waals surface area (Å²) in [4.78, 5) is 0. The molecule has 0 fully saturated rings. The SMILES string of the molecule is CC.CC.CC(C)(C)CC(c1ccc(C(C)(C)C)cc1)C(C)(C)C. The standard InChI is InChI=1S/C20H34.2C2H6/c1-18(2,3)14-17(20(7,8)9)15-10-12-16(13-11-15)19(4,5)6;2*1-2/h10-13,17H,14H2,1-9H3;2*1-2H3. The van der Waals surface area contributed by atoms with Crippen molar-refractivity contribution in [2.24, 2.45) is 10.8 Å². The first kappa shape index (κ1) is 25.5. The first-order valence-corrected chi connectivity index (χ1v) is 9.91. The Hall–Kier alpha value is -0.780. The van der Waals surface area contributed by atoms with E-state index in [0.717, 1.165) is 0 Å². The van der Waals surface area contributed by atoms with E-state index in [1.165, 1.54) is 17.5 Å². The molecule has 1 atom stereocenters. The van der Waals surface area contributed by atoms with E-state index in [2.05, 4.69) is 86.6 Å². The molecule has 24 heavy (non-hydrogen) atoms. The van der Waals surface area contributed by atoms with Crippen molar-refractivity contribution in [2.45, 2.75) is 108 Å². The summed E-state index contributed by atoms with van der Waals surface area (Å²) in [7, 11) is 0. The van der Waals surface area contributed by atoms with Crippen molar-refractivity contribution >= 4 is 0 Å². The summed E-state index contributed by atoms with van der Waals surface area (Å²) >= 11 is 0. The fraction of sp³-hybridized carbons (Fsp3) is 0.750. The lowest BCUT2D eigenvalue weighted by Gasteiger charge is -2.36. The molecule has 0 saturated carbocycles. The lowest BCUT2D eigenvalue weighted by Crippen LogP contribution is -2.24. The maximum Gasteiger partial charge on any atom is -0.0108 e. The summed E-state index contributed by atoms with van der Waals surface area (Å²) in [6.45, 7) is 28.9. The van der Waals surface area contributed by atoms with Gasteiger partial charge in [-0.1, -0.05) is 114 Å². The molecule has 142 valence electrons. The van der Waals surface area contributed by atoms with E-state index < -0.39 is 0 Å². The minimum Gasteiger partial charge on any atom is -0.0683 e. The summed E-state index contributed by atoms with van der Waals surface area (Å²) in [6, 6.07) is 9.33. The molecule has 0 heteroatoms. The van der Waals surface area contributed by atoms with Crippen LogP contribution < -0.4 is 0 Å². The zero-order valence-electron chi connectivity index (χ0n) is 19.1. The summed E-state index contributed by atoms with van der Waals surface area (Å²) in [6.07, 6.45) is 1.23. The quantitative estimate of drug-likeness (QED) is 0.508. The van der Waals surface area contributed by atoms with Crippen molar-refractivity contribution in [3.05, 3.63) is 35.4 Å². The molecule has 0 N–H and O–H groups in total. The molecule has 0 bridgehead atoms. The molecule has 1 rings (SSSR count).